The van der Waals surface area contributed by atoms with Gasteiger partial charge >= 0.3 is 0 Å². The van der Waals surface area contributed by atoms with Crippen molar-refractivity contribution in [3.05, 3.63) is 24.3 Å². The molecule has 1 saturated carbocycles. The van der Waals surface area contributed by atoms with Gasteiger partial charge < -0.3 is 10.6 Å². The van der Waals surface area contributed by atoms with Gasteiger partial charge in [-0.1, -0.05) is 12.1 Å². The first-order chi connectivity index (χ1) is 9.98. The normalized spacial score (nSPS) is 16.0. The van der Waals surface area contributed by atoms with Gasteiger partial charge in [0.05, 0.1) is 5.69 Å². The standard InChI is InChI=1S/C15H25N3O2S/c1-17(2)21(19,20)15-10-4-3-9-14(15)18(12-6-11-16)13-7-5-8-13/h3-4,9-10,13H,5-8,11-12,16H2,1-2H3. The van der Waals surface area contributed by atoms with Crippen LogP contribution in [-0.4, -0.2) is 45.9 Å². The lowest BCUT2D eigenvalue weighted by Crippen LogP contribution is -2.42. The summed E-state index contributed by atoms with van der Waals surface area (Å²) in [6.07, 6.45) is 4.33. The molecule has 1 aromatic carbocycles. The zero-order valence-electron chi connectivity index (χ0n) is 12.8. The Morgan fingerprint density at radius 2 is 1.90 bits per heavy atom. The van der Waals surface area contributed by atoms with Crippen molar-refractivity contribution in [3.63, 3.8) is 0 Å². The van der Waals surface area contributed by atoms with Crippen molar-refractivity contribution in [2.45, 2.75) is 36.6 Å². The number of rotatable bonds is 7. The average molecular weight is 311 g/mol. The van der Waals surface area contributed by atoms with Crippen LogP contribution in [-0.2, 0) is 10.0 Å². The molecule has 0 bridgehead atoms. The molecule has 0 unspecified atom stereocenters. The molecular weight excluding hydrogens is 286 g/mol. The first kappa shape index (κ1) is 16.3. The summed E-state index contributed by atoms with van der Waals surface area (Å²) >= 11 is 0. The van der Waals surface area contributed by atoms with E-state index in [0.29, 0.717) is 17.5 Å². The number of hydrogen-bond donors (Lipinski definition) is 1. The molecule has 0 radical (unpaired) electrons. The summed E-state index contributed by atoms with van der Waals surface area (Å²) in [6, 6.07) is 7.72. The van der Waals surface area contributed by atoms with Gasteiger partial charge in [-0.15, -0.1) is 0 Å². The number of sulfonamides is 1. The van der Waals surface area contributed by atoms with Crippen LogP contribution < -0.4 is 10.6 Å². The minimum atomic E-state index is -3.43. The highest BCUT2D eigenvalue weighted by atomic mass is 32.2. The number of nitrogens with zero attached hydrogens (tertiary/aromatic N) is 2. The van der Waals surface area contributed by atoms with Crippen LogP contribution in [0.4, 0.5) is 5.69 Å². The van der Waals surface area contributed by atoms with Crippen LogP contribution in [0.5, 0.6) is 0 Å². The Hall–Kier alpha value is -1.11. The molecule has 21 heavy (non-hydrogen) atoms. The Balaban J connectivity index is 2.40. The highest BCUT2D eigenvalue weighted by Crippen LogP contribution is 2.34. The monoisotopic (exact) mass is 311 g/mol. The number of para-hydroxylation sites is 1. The third-order valence-corrected chi connectivity index (χ3v) is 5.91. The van der Waals surface area contributed by atoms with Gasteiger partial charge in [-0.25, -0.2) is 12.7 Å². The minimum absolute atomic E-state index is 0.388. The van der Waals surface area contributed by atoms with Gasteiger partial charge in [-0.3, -0.25) is 0 Å². The molecule has 6 heteroatoms. The Bertz CT molecular complexity index is 568. The largest absolute Gasteiger partial charge is 0.367 e. The summed E-state index contributed by atoms with van der Waals surface area (Å²) in [5.74, 6) is 0. The summed E-state index contributed by atoms with van der Waals surface area (Å²) in [4.78, 5) is 2.62. The molecule has 1 aromatic rings. The summed E-state index contributed by atoms with van der Waals surface area (Å²) in [7, 11) is -0.297. The molecule has 0 saturated heterocycles. The Labute approximate surface area is 127 Å². The maximum atomic E-state index is 12.5. The van der Waals surface area contributed by atoms with Gasteiger partial charge in [0.1, 0.15) is 4.90 Å². The molecule has 1 aliphatic rings. The predicted molar refractivity (Wildman–Crippen MR) is 86.0 cm³/mol. The SMILES string of the molecule is CN(C)S(=O)(=O)c1ccccc1N(CCCN)C1CCC1. The third kappa shape index (κ3) is 3.39. The van der Waals surface area contributed by atoms with Gasteiger partial charge in [0.2, 0.25) is 10.0 Å². The lowest BCUT2D eigenvalue weighted by Gasteiger charge is -2.40. The van der Waals surface area contributed by atoms with Gasteiger partial charge in [0, 0.05) is 26.7 Å². The summed E-state index contributed by atoms with van der Waals surface area (Å²) in [5, 5.41) is 0. The van der Waals surface area contributed by atoms with Gasteiger partial charge in [-0.05, 0) is 44.4 Å². The van der Waals surface area contributed by atoms with Crippen molar-refractivity contribution in [2.24, 2.45) is 5.73 Å². The van der Waals surface area contributed by atoms with Crippen LogP contribution in [0, 0.1) is 0 Å². The molecule has 0 heterocycles. The van der Waals surface area contributed by atoms with Crippen LogP contribution in [0.1, 0.15) is 25.7 Å². The van der Waals surface area contributed by atoms with E-state index in [1.165, 1.54) is 10.7 Å². The molecule has 0 aliphatic heterocycles. The van der Waals surface area contributed by atoms with E-state index in [0.717, 1.165) is 31.5 Å². The van der Waals surface area contributed by atoms with Crippen LogP contribution >= 0.6 is 0 Å². The second-order valence-corrected chi connectivity index (χ2v) is 7.80. The fraction of sp³-hybridized carbons (Fsp3) is 0.600. The molecule has 5 nitrogen and oxygen atoms in total. The van der Waals surface area contributed by atoms with E-state index in [1.54, 1.807) is 26.2 Å². The quantitative estimate of drug-likeness (QED) is 0.831. The topological polar surface area (TPSA) is 66.6 Å². The lowest BCUT2D eigenvalue weighted by atomic mass is 9.91. The van der Waals surface area contributed by atoms with Crippen LogP contribution in [0.25, 0.3) is 0 Å². The Kier molecular flexibility index (Phi) is 5.24. The van der Waals surface area contributed by atoms with E-state index < -0.39 is 10.0 Å². The van der Waals surface area contributed by atoms with Crippen molar-refractivity contribution in [3.8, 4) is 0 Å². The molecule has 0 spiro atoms. The van der Waals surface area contributed by atoms with Crippen molar-refractivity contribution in [1.29, 1.82) is 0 Å². The van der Waals surface area contributed by atoms with E-state index in [2.05, 4.69) is 4.90 Å². The highest BCUT2D eigenvalue weighted by Gasteiger charge is 2.29. The van der Waals surface area contributed by atoms with Gasteiger partial charge in [0.15, 0.2) is 0 Å². The maximum absolute atomic E-state index is 12.5. The zero-order valence-corrected chi connectivity index (χ0v) is 13.6. The number of hydrogen-bond acceptors (Lipinski definition) is 4. The molecule has 1 aliphatic carbocycles. The van der Waals surface area contributed by atoms with Gasteiger partial charge in [-0.2, -0.15) is 0 Å². The van der Waals surface area contributed by atoms with Crippen LogP contribution in [0.2, 0.25) is 0 Å². The first-order valence-electron chi connectivity index (χ1n) is 7.46. The van der Waals surface area contributed by atoms with E-state index in [9.17, 15) is 8.42 Å². The number of nitrogens with two attached hydrogens (primary N) is 1. The highest BCUT2D eigenvalue weighted by molar-refractivity contribution is 7.89. The molecule has 1 fully saturated rings. The predicted octanol–water partition coefficient (Wildman–Crippen LogP) is 1.64. The zero-order chi connectivity index (χ0) is 15.5. The molecule has 2 N–H and O–H groups in total. The molecule has 118 valence electrons. The number of anilines is 1. The van der Waals surface area contributed by atoms with Crippen molar-refractivity contribution in [2.75, 3.05) is 32.1 Å². The summed E-state index contributed by atoms with van der Waals surface area (Å²) in [5.41, 5.74) is 6.44. The minimum Gasteiger partial charge on any atom is -0.367 e. The van der Waals surface area contributed by atoms with E-state index in [1.807, 2.05) is 12.1 Å². The van der Waals surface area contributed by atoms with E-state index in [-0.39, 0.29) is 0 Å². The average Bonchev–Trinajstić information content (AvgIpc) is 2.41. The van der Waals surface area contributed by atoms with Crippen LogP contribution in [0.3, 0.4) is 0 Å². The van der Waals surface area contributed by atoms with Crippen molar-refractivity contribution >= 4 is 15.7 Å². The van der Waals surface area contributed by atoms with Crippen molar-refractivity contribution < 1.29 is 8.42 Å². The molecule has 2 rings (SSSR count). The lowest BCUT2D eigenvalue weighted by molar-refractivity contribution is 0.383. The fourth-order valence-electron chi connectivity index (χ4n) is 2.57. The van der Waals surface area contributed by atoms with Crippen molar-refractivity contribution in [1.82, 2.24) is 4.31 Å². The maximum Gasteiger partial charge on any atom is 0.244 e. The third-order valence-electron chi connectivity index (χ3n) is 4.05. The second-order valence-electron chi connectivity index (χ2n) is 5.68. The number of benzene rings is 1. The van der Waals surface area contributed by atoms with Crippen LogP contribution in [0.15, 0.2) is 29.2 Å². The fourth-order valence-corrected chi connectivity index (χ4v) is 3.66. The molecule has 0 atom stereocenters. The smallest absolute Gasteiger partial charge is 0.244 e. The summed E-state index contributed by atoms with van der Waals surface area (Å²) in [6.45, 7) is 1.42. The summed E-state index contributed by atoms with van der Waals surface area (Å²) < 4.78 is 26.3. The van der Waals surface area contributed by atoms with E-state index >= 15 is 0 Å². The Morgan fingerprint density at radius 3 is 2.43 bits per heavy atom. The second kappa shape index (κ2) is 6.77. The molecule has 0 aromatic heterocycles. The van der Waals surface area contributed by atoms with E-state index in [4.69, 9.17) is 5.73 Å². The molecule has 0 amide bonds. The first-order valence-corrected chi connectivity index (χ1v) is 8.90. The van der Waals surface area contributed by atoms with Gasteiger partial charge in [0.25, 0.3) is 0 Å². The Morgan fingerprint density at radius 1 is 1.24 bits per heavy atom. The molecular formula is C15H25N3O2S.